The maximum absolute atomic E-state index is 11.0. The highest BCUT2D eigenvalue weighted by Gasteiger charge is 2.10. The van der Waals surface area contributed by atoms with Gasteiger partial charge in [-0.25, -0.2) is 4.98 Å². The summed E-state index contributed by atoms with van der Waals surface area (Å²) >= 11 is 0. The average molecular weight is 343 g/mol. The number of non-ortho nitro benzene ring substituents is 1. The van der Waals surface area contributed by atoms with Crippen LogP contribution in [0.25, 0.3) is 21.8 Å². The maximum atomic E-state index is 11.0. The fourth-order valence-corrected chi connectivity index (χ4v) is 2.89. The standard InChI is InChI=1S/C20H13N3O3/c24-15-10-13(9-14(11-15)23(25)26)12-21-20-16-5-1-3-7-18(16)22-19-8-4-2-6-17(19)20/h1-12,24H. The molecule has 0 aliphatic heterocycles. The molecule has 26 heavy (non-hydrogen) atoms. The van der Waals surface area contributed by atoms with Gasteiger partial charge >= 0.3 is 0 Å². The minimum absolute atomic E-state index is 0.176. The zero-order chi connectivity index (χ0) is 18.1. The van der Waals surface area contributed by atoms with E-state index in [2.05, 4.69) is 9.98 Å². The molecule has 0 aliphatic rings. The molecule has 6 heteroatoms. The summed E-state index contributed by atoms with van der Waals surface area (Å²) in [6.45, 7) is 0. The maximum Gasteiger partial charge on any atom is 0.273 e. The van der Waals surface area contributed by atoms with Crippen LogP contribution in [0, 0.1) is 10.1 Å². The molecule has 126 valence electrons. The zero-order valence-corrected chi connectivity index (χ0v) is 13.5. The summed E-state index contributed by atoms with van der Waals surface area (Å²) < 4.78 is 0. The summed E-state index contributed by atoms with van der Waals surface area (Å²) in [6, 6.07) is 19.3. The van der Waals surface area contributed by atoms with E-state index in [4.69, 9.17) is 0 Å². The quantitative estimate of drug-likeness (QED) is 0.251. The number of nitro groups is 1. The van der Waals surface area contributed by atoms with Gasteiger partial charge in [0.05, 0.1) is 27.7 Å². The molecule has 0 spiro atoms. The molecule has 0 bridgehead atoms. The predicted molar refractivity (Wildman–Crippen MR) is 101 cm³/mol. The van der Waals surface area contributed by atoms with Crippen molar-refractivity contribution >= 4 is 39.4 Å². The van der Waals surface area contributed by atoms with E-state index in [1.54, 1.807) is 0 Å². The van der Waals surface area contributed by atoms with Gasteiger partial charge in [0.25, 0.3) is 5.69 Å². The summed E-state index contributed by atoms with van der Waals surface area (Å²) in [5.74, 6) is -0.176. The molecule has 0 unspecified atom stereocenters. The SMILES string of the molecule is O=[N+]([O-])c1cc(O)cc(C=Nc2c3ccccc3nc3ccccc23)c1. The Morgan fingerprint density at radius 2 is 1.58 bits per heavy atom. The number of aromatic hydroxyl groups is 1. The van der Waals surface area contributed by atoms with Crippen molar-refractivity contribution in [1.29, 1.82) is 0 Å². The van der Waals surface area contributed by atoms with Gasteiger partial charge < -0.3 is 5.11 Å². The van der Waals surface area contributed by atoms with Gasteiger partial charge in [-0.2, -0.15) is 0 Å². The molecule has 6 nitrogen and oxygen atoms in total. The molecule has 0 saturated carbocycles. The fourth-order valence-electron chi connectivity index (χ4n) is 2.89. The highest BCUT2D eigenvalue weighted by molar-refractivity contribution is 6.07. The highest BCUT2D eigenvalue weighted by Crippen LogP contribution is 2.33. The van der Waals surface area contributed by atoms with E-state index in [0.29, 0.717) is 5.56 Å². The van der Waals surface area contributed by atoms with Crippen LogP contribution in [0.5, 0.6) is 5.75 Å². The van der Waals surface area contributed by atoms with Gasteiger partial charge in [-0.3, -0.25) is 15.1 Å². The van der Waals surface area contributed by atoms with Crippen molar-refractivity contribution in [3.63, 3.8) is 0 Å². The largest absolute Gasteiger partial charge is 0.508 e. The van der Waals surface area contributed by atoms with Gasteiger partial charge in [0.1, 0.15) is 5.75 Å². The Kier molecular flexibility index (Phi) is 3.78. The fraction of sp³-hybridized carbons (Fsp3) is 0. The number of nitro benzene ring substituents is 1. The van der Waals surface area contributed by atoms with E-state index in [1.807, 2.05) is 48.5 Å². The molecule has 1 N–H and O–H groups in total. The molecule has 1 aromatic heterocycles. The second-order valence-electron chi connectivity index (χ2n) is 5.79. The van der Waals surface area contributed by atoms with Crippen molar-refractivity contribution in [2.24, 2.45) is 4.99 Å². The number of hydrogen-bond donors (Lipinski definition) is 1. The van der Waals surface area contributed by atoms with Crippen LogP contribution in [-0.4, -0.2) is 21.2 Å². The van der Waals surface area contributed by atoms with Crippen LogP contribution >= 0.6 is 0 Å². The van der Waals surface area contributed by atoms with Crippen LogP contribution in [-0.2, 0) is 0 Å². The Labute approximate surface area is 148 Å². The van der Waals surface area contributed by atoms with Crippen LogP contribution in [0.3, 0.4) is 0 Å². The first kappa shape index (κ1) is 15.7. The summed E-state index contributed by atoms with van der Waals surface area (Å²) in [6.07, 6.45) is 1.51. The molecule has 0 radical (unpaired) electrons. The molecular formula is C20H13N3O3. The van der Waals surface area contributed by atoms with Crippen LogP contribution < -0.4 is 0 Å². The van der Waals surface area contributed by atoms with Gasteiger partial charge in [0, 0.05) is 28.6 Å². The van der Waals surface area contributed by atoms with Gasteiger partial charge in [-0.1, -0.05) is 36.4 Å². The number of benzene rings is 3. The van der Waals surface area contributed by atoms with E-state index in [-0.39, 0.29) is 11.4 Å². The molecule has 0 atom stereocenters. The number of hydrogen-bond acceptors (Lipinski definition) is 5. The molecule has 0 aliphatic carbocycles. The smallest absolute Gasteiger partial charge is 0.273 e. The summed E-state index contributed by atoms with van der Waals surface area (Å²) in [7, 11) is 0. The zero-order valence-electron chi connectivity index (χ0n) is 13.5. The lowest BCUT2D eigenvalue weighted by molar-refractivity contribution is -0.384. The van der Waals surface area contributed by atoms with Gasteiger partial charge in [0.15, 0.2) is 0 Å². The summed E-state index contributed by atoms with van der Waals surface area (Å²) in [5, 5.41) is 22.5. The lowest BCUT2D eigenvalue weighted by atomic mass is 10.1. The molecule has 4 aromatic rings. The van der Waals surface area contributed by atoms with Crippen LogP contribution in [0.1, 0.15) is 5.56 Å². The molecule has 0 amide bonds. The molecular weight excluding hydrogens is 330 g/mol. The number of nitrogens with zero attached hydrogens (tertiary/aromatic N) is 3. The van der Waals surface area contributed by atoms with E-state index in [1.165, 1.54) is 18.3 Å². The van der Waals surface area contributed by atoms with Crippen molar-refractivity contribution in [3.05, 3.63) is 82.4 Å². The number of phenolic OH excluding ortho intramolecular Hbond substituents is 1. The third kappa shape index (κ3) is 2.84. The number of para-hydroxylation sites is 2. The van der Waals surface area contributed by atoms with Crippen molar-refractivity contribution in [2.75, 3.05) is 0 Å². The van der Waals surface area contributed by atoms with Gasteiger partial charge in [0.2, 0.25) is 0 Å². The Bertz CT molecular complexity index is 1130. The molecule has 0 saturated heterocycles. The van der Waals surface area contributed by atoms with E-state index in [0.717, 1.165) is 33.6 Å². The number of pyridine rings is 1. The Morgan fingerprint density at radius 3 is 2.19 bits per heavy atom. The van der Waals surface area contributed by atoms with Crippen molar-refractivity contribution in [1.82, 2.24) is 4.98 Å². The van der Waals surface area contributed by atoms with Crippen molar-refractivity contribution in [3.8, 4) is 5.75 Å². The molecule has 3 aromatic carbocycles. The normalized spacial score (nSPS) is 11.4. The summed E-state index contributed by atoms with van der Waals surface area (Å²) in [5.41, 5.74) is 2.63. The third-order valence-electron chi connectivity index (χ3n) is 4.04. The second-order valence-corrected chi connectivity index (χ2v) is 5.79. The molecule has 4 rings (SSSR count). The minimum Gasteiger partial charge on any atom is -0.508 e. The van der Waals surface area contributed by atoms with Crippen LogP contribution in [0.4, 0.5) is 11.4 Å². The van der Waals surface area contributed by atoms with Crippen molar-refractivity contribution in [2.45, 2.75) is 0 Å². The van der Waals surface area contributed by atoms with E-state index < -0.39 is 4.92 Å². The van der Waals surface area contributed by atoms with E-state index in [9.17, 15) is 15.2 Å². The Balaban J connectivity index is 1.91. The van der Waals surface area contributed by atoms with E-state index >= 15 is 0 Å². The molecule has 0 fully saturated rings. The van der Waals surface area contributed by atoms with Crippen LogP contribution in [0.15, 0.2) is 71.7 Å². The number of aliphatic imine (C=N–C) groups is 1. The first-order valence-corrected chi connectivity index (χ1v) is 7.92. The minimum atomic E-state index is -0.547. The van der Waals surface area contributed by atoms with Gasteiger partial charge in [-0.15, -0.1) is 0 Å². The first-order chi connectivity index (χ1) is 12.6. The number of rotatable bonds is 3. The highest BCUT2D eigenvalue weighted by atomic mass is 16.6. The second kappa shape index (κ2) is 6.25. The first-order valence-electron chi connectivity index (χ1n) is 7.92. The molecule has 1 heterocycles. The van der Waals surface area contributed by atoms with Crippen LogP contribution in [0.2, 0.25) is 0 Å². The topological polar surface area (TPSA) is 88.6 Å². The Hall–Kier alpha value is -3.80. The average Bonchev–Trinajstić information content (AvgIpc) is 2.64. The number of fused-ring (bicyclic) bond motifs is 2. The number of phenols is 1. The van der Waals surface area contributed by atoms with Gasteiger partial charge in [-0.05, 0) is 18.2 Å². The number of aromatic nitrogens is 1. The third-order valence-corrected chi connectivity index (χ3v) is 4.04. The summed E-state index contributed by atoms with van der Waals surface area (Å²) in [4.78, 5) is 19.6. The predicted octanol–water partition coefficient (Wildman–Crippen LogP) is 4.75. The van der Waals surface area contributed by atoms with Crippen molar-refractivity contribution < 1.29 is 10.0 Å². The monoisotopic (exact) mass is 343 g/mol. The lowest BCUT2D eigenvalue weighted by Crippen LogP contribution is -1.90. The Morgan fingerprint density at radius 1 is 0.962 bits per heavy atom. The lowest BCUT2D eigenvalue weighted by Gasteiger charge is -2.06.